The van der Waals surface area contributed by atoms with Crippen molar-refractivity contribution in [1.82, 2.24) is 14.8 Å². The average Bonchev–Trinajstić information content (AvgIpc) is 2.99. The number of carbonyl (C=O) groups is 1. The van der Waals surface area contributed by atoms with Gasteiger partial charge in [-0.3, -0.25) is 9.69 Å². The highest BCUT2D eigenvalue weighted by molar-refractivity contribution is 7.09. The summed E-state index contributed by atoms with van der Waals surface area (Å²) < 4.78 is 13.6. The lowest BCUT2D eigenvalue weighted by atomic mass is 10.1. The van der Waals surface area contributed by atoms with Gasteiger partial charge in [-0.1, -0.05) is 18.2 Å². The maximum absolute atomic E-state index is 13.6. The van der Waals surface area contributed by atoms with E-state index in [-0.39, 0.29) is 11.7 Å². The van der Waals surface area contributed by atoms with E-state index in [1.54, 1.807) is 23.5 Å². The molecular weight excluding hydrogens is 325 g/mol. The number of thiazole rings is 1. The number of rotatable bonds is 5. The van der Waals surface area contributed by atoms with Crippen molar-refractivity contribution in [3.8, 4) is 0 Å². The van der Waals surface area contributed by atoms with Gasteiger partial charge in [0.05, 0.1) is 10.7 Å². The molecule has 1 aromatic carbocycles. The van der Waals surface area contributed by atoms with Crippen LogP contribution in [0.2, 0.25) is 0 Å². The summed E-state index contributed by atoms with van der Waals surface area (Å²) in [6, 6.07) is 6.67. The normalized spacial score (nSPS) is 15.7. The largest absolute Gasteiger partial charge is 0.340 e. The number of benzene rings is 1. The lowest BCUT2D eigenvalue weighted by Crippen LogP contribution is -2.48. The van der Waals surface area contributed by atoms with Gasteiger partial charge in [-0.25, -0.2) is 9.37 Å². The first-order valence-electron chi connectivity index (χ1n) is 8.26. The highest BCUT2D eigenvalue weighted by Gasteiger charge is 2.21. The fourth-order valence-corrected chi connectivity index (χ4v) is 3.57. The van der Waals surface area contributed by atoms with Crippen LogP contribution in [-0.2, 0) is 17.8 Å². The molecule has 3 rings (SSSR count). The van der Waals surface area contributed by atoms with Crippen molar-refractivity contribution in [3.05, 3.63) is 51.7 Å². The summed E-state index contributed by atoms with van der Waals surface area (Å²) in [6.45, 7) is 6.06. The van der Waals surface area contributed by atoms with Crippen LogP contribution in [0.5, 0.6) is 0 Å². The van der Waals surface area contributed by atoms with E-state index in [1.165, 1.54) is 6.07 Å². The van der Waals surface area contributed by atoms with Gasteiger partial charge in [0.1, 0.15) is 5.82 Å². The Kier molecular flexibility index (Phi) is 5.58. The van der Waals surface area contributed by atoms with Crippen LogP contribution in [0.1, 0.15) is 22.7 Å². The van der Waals surface area contributed by atoms with E-state index < -0.39 is 0 Å². The number of aromatic nitrogens is 1. The zero-order valence-electron chi connectivity index (χ0n) is 13.9. The second-order valence-corrected chi connectivity index (χ2v) is 7.17. The molecule has 2 heterocycles. The molecule has 128 valence electrons. The predicted molar refractivity (Wildman–Crippen MR) is 93.4 cm³/mol. The Hall–Kier alpha value is -1.79. The second-order valence-electron chi connectivity index (χ2n) is 6.11. The van der Waals surface area contributed by atoms with Crippen LogP contribution in [0.25, 0.3) is 0 Å². The zero-order chi connectivity index (χ0) is 16.9. The SMILES string of the molecule is Cc1nc(CN2CCN(C(=O)CCc3ccccc3F)CC2)cs1. The Bertz CT molecular complexity index is 695. The molecular formula is C18H22FN3OS. The standard InChI is InChI=1S/C18H22FN3OS/c1-14-20-16(13-24-14)12-21-8-10-22(11-9-21)18(23)7-6-15-4-2-3-5-17(15)19/h2-5,13H,6-12H2,1H3. The van der Waals surface area contributed by atoms with E-state index in [0.29, 0.717) is 18.4 Å². The summed E-state index contributed by atoms with van der Waals surface area (Å²) in [5.41, 5.74) is 1.72. The number of nitrogens with zero attached hydrogens (tertiary/aromatic N) is 3. The van der Waals surface area contributed by atoms with Crippen molar-refractivity contribution in [3.63, 3.8) is 0 Å². The van der Waals surface area contributed by atoms with Crippen LogP contribution in [-0.4, -0.2) is 46.9 Å². The monoisotopic (exact) mass is 347 g/mol. The van der Waals surface area contributed by atoms with E-state index in [1.807, 2.05) is 17.9 Å². The first-order valence-corrected chi connectivity index (χ1v) is 9.14. The molecule has 24 heavy (non-hydrogen) atoms. The molecule has 0 aliphatic carbocycles. The molecule has 1 aliphatic heterocycles. The third-order valence-corrected chi connectivity index (χ3v) is 5.17. The predicted octanol–water partition coefficient (Wildman–Crippen LogP) is 2.87. The lowest BCUT2D eigenvalue weighted by Gasteiger charge is -2.34. The van der Waals surface area contributed by atoms with E-state index in [0.717, 1.165) is 43.4 Å². The van der Waals surface area contributed by atoms with Crippen LogP contribution >= 0.6 is 11.3 Å². The number of hydrogen-bond acceptors (Lipinski definition) is 4. The molecule has 0 spiro atoms. The fourth-order valence-electron chi connectivity index (χ4n) is 2.97. The number of amides is 1. The van der Waals surface area contributed by atoms with Gasteiger partial charge in [-0.2, -0.15) is 0 Å². The minimum atomic E-state index is -0.228. The average molecular weight is 347 g/mol. The highest BCUT2D eigenvalue weighted by Crippen LogP contribution is 2.14. The Balaban J connectivity index is 1.44. The third kappa shape index (κ3) is 4.39. The van der Waals surface area contributed by atoms with Gasteiger partial charge in [0.2, 0.25) is 5.91 Å². The summed E-state index contributed by atoms with van der Waals surface area (Å²) in [5.74, 6) is -0.115. The number of piperazine rings is 1. The molecule has 2 aromatic rings. The highest BCUT2D eigenvalue weighted by atomic mass is 32.1. The molecule has 1 fully saturated rings. The molecule has 0 N–H and O–H groups in total. The van der Waals surface area contributed by atoms with Crippen LogP contribution in [0.4, 0.5) is 4.39 Å². The molecule has 0 radical (unpaired) electrons. The number of aryl methyl sites for hydroxylation is 2. The van der Waals surface area contributed by atoms with Gasteiger partial charge in [0.15, 0.2) is 0 Å². The summed E-state index contributed by atoms with van der Waals surface area (Å²) in [4.78, 5) is 21.0. The number of hydrogen-bond donors (Lipinski definition) is 0. The quantitative estimate of drug-likeness (QED) is 0.834. The fraction of sp³-hybridized carbons (Fsp3) is 0.444. The van der Waals surface area contributed by atoms with Crippen molar-refractivity contribution in [1.29, 1.82) is 0 Å². The van der Waals surface area contributed by atoms with Gasteiger partial charge in [-0.05, 0) is 25.0 Å². The maximum Gasteiger partial charge on any atom is 0.222 e. The number of carbonyl (C=O) groups excluding carboxylic acids is 1. The minimum Gasteiger partial charge on any atom is -0.340 e. The molecule has 6 heteroatoms. The van der Waals surface area contributed by atoms with Gasteiger partial charge >= 0.3 is 0 Å². The summed E-state index contributed by atoms with van der Waals surface area (Å²) >= 11 is 1.67. The Morgan fingerprint density at radius 1 is 1.25 bits per heavy atom. The van der Waals surface area contributed by atoms with Gasteiger partial charge in [0, 0.05) is 44.5 Å². The van der Waals surface area contributed by atoms with Crippen molar-refractivity contribution in [2.45, 2.75) is 26.3 Å². The smallest absolute Gasteiger partial charge is 0.222 e. The Morgan fingerprint density at radius 2 is 2.00 bits per heavy atom. The van der Waals surface area contributed by atoms with Crippen molar-refractivity contribution in [2.75, 3.05) is 26.2 Å². The van der Waals surface area contributed by atoms with Crippen LogP contribution < -0.4 is 0 Å². The van der Waals surface area contributed by atoms with Crippen LogP contribution in [0.3, 0.4) is 0 Å². The molecule has 0 atom stereocenters. The first kappa shape index (κ1) is 17.0. The molecule has 1 amide bonds. The summed E-state index contributed by atoms with van der Waals surface area (Å²) in [7, 11) is 0. The topological polar surface area (TPSA) is 36.4 Å². The molecule has 1 saturated heterocycles. The second kappa shape index (κ2) is 7.85. The third-order valence-electron chi connectivity index (χ3n) is 4.34. The molecule has 0 bridgehead atoms. The lowest BCUT2D eigenvalue weighted by molar-refractivity contribution is -0.133. The van der Waals surface area contributed by atoms with Crippen molar-refractivity contribution >= 4 is 17.2 Å². The first-order chi connectivity index (χ1) is 11.6. The van der Waals surface area contributed by atoms with Crippen molar-refractivity contribution in [2.24, 2.45) is 0 Å². The Labute approximate surface area is 145 Å². The summed E-state index contributed by atoms with van der Waals surface area (Å²) in [6.07, 6.45) is 0.829. The zero-order valence-corrected chi connectivity index (χ0v) is 14.7. The summed E-state index contributed by atoms with van der Waals surface area (Å²) in [5, 5.41) is 3.19. The Morgan fingerprint density at radius 3 is 2.67 bits per heavy atom. The molecule has 0 unspecified atom stereocenters. The van der Waals surface area contributed by atoms with Crippen molar-refractivity contribution < 1.29 is 9.18 Å². The number of halogens is 1. The van der Waals surface area contributed by atoms with Gasteiger partial charge in [0.25, 0.3) is 0 Å². The minimum absolute atomic E-state index is 0.113. The molecule has 1 aromatic heterocycles. The van der Waals surface area contributed by atoms with E-state index in [2.05, 4.69) is 15.3 Å². The van der Waals surface area contributed by atoms with Gasteiger partial charge in [-0.15, -0.1) is 11.3 Å². The van der Waals surface area contributed by atoms with Gasteiger partial charge < -0.3 is 4.90 Å². The van der Waals surface area contributed by atoms with E-state index >= 15 is 0 Å². The van der Waals surface area contributed by atoms with Crippen LogP contribution in [0, 0.1) is 12.7 Å². The molecule has 4 nitrogen and oxygen atoms in total. The molecule has 1 aliphatic rings. The van der Waals surface area contributed by atoms with E-state index in [4.69, 9.17) is 0 Å². The van der Waals surface area contributed by atoms with E-state index in [9.17, 15) is 9.18 Å². The molecule has 0 saturated carbocycles. The maximum atomic E-state index is 13.6. The van der Waals surface area contributed by atoms with Crippen LogP contribution in [0.15, 0.2) is 29.6 Å².